The summed E-state index contributed by atoms with van der Waals surface area (Å²) in [6.07, 6.45) is 2.25. The topological polar surface area (TPSA) is 61.4 Å². The Morgan fingerprint density at radius 2 is 1.57 bits per heavy atom. The number of piperazine rings is 1. The van der Waals surface area contributed by atoms with Gasteiger partial charge >= 0.3 is 0 Å². The minimum absolute atomic E-state index is 0.0301. The van der Waals surface area contributed by atoms with Crippen LogP contribution in [-0.2, 0) is 0 Å². The number of halogens is 2. The second-order valence-electron chi connectivity index (χ2n) is 7.74. The van der Waals surface area contributed by atoms with E-state index in [0.717, 1.165) is 53.7 Å². The Morgan fingerprint density at radius 1 is 0.933 bits per heavy atom. The molecule has 1 aliphatic carbocycles. The summed E-state index contributed by atoms with van der Waals surface area (Å²) in [7, 11) is 0. The van der Waals surface area contributed by atoms with E-state index in [1.54, 1.807) is 4.90 Å². The Hall–Kier alpha value is -3.29. The van der Waals surface area contributed by atoms with E-state index in [-0.39, 0.29) is 11.5 Å². The first-order valence-corrected chi connectivity index (χ1v) is 10.1. The molecule has 1 N–H and O–H groups in total. The van der Waals surface area contributed by atoms with E-state index in [2.05, 4.69) is 10.2 Å². The van der Waals surface area contributed by atoms with Gasteiger partial charge in [0.15, 0.2) is 11.6 Å². The molecule has 1 amide bonds. The molecule has 2 aliphatic rings. The molecule has 0 unspecified atom stereocenters. The molecular weight excluding hydrogens is 388 g/mol. The van der Waals surface area contributed by atoms with E-state index in [9.17, 15) is 13.6 Å². The van der Waals surface area contributed by atoms with Crippen molar-refractivity contribution in [3.63, 3.8) is 0 Å². The van der Waals surface area contributed by atoms with Crippen LogP contribution in [0.5, 0.6) is 0 Å². The van der Waals surface area contributed by atoms with Crippen LogP contribution in [0.15, 0.2) is 42.5 Å². The standard InChI is InChI=1S/C22H21F2N5O/c23-15-11-14(12-16(24)13-15)22(30)29-9-7-28(8-10-29)21-20(25-17-5-6-17)26-18-3-1-2-4-19(18)27-21/h1-4,11-13,17H,5-10H2,(H,25,26). The molecule has 0 atom stereocenters. The zero-order valence-corrected chi connectivity index (χ0v) is 16.3. The van der Waals surface area contributed by atoms with Gasteiger partial charge in [-0.1, -0.05) is 12.1 Å². The Bertz CT molecular complexity index is 1090. The van der Waals surface area contributed by atoms with Crippen LogP contribution in [0.25, 0.3) is 11.0 Å². The highest BCUT2D eigenvalue weighted by Gasteiger charge is 2.28. The fourth-order valence-electron chi connectivity index (χ4n) is 3.71. The number of hydrogen-bond acceptors (Lipinski definition) is 5. The van der Waals surface area contributed by atoms with Crippen LogP contribution in [0.2, 0.25) is 0 Å². The Morgan fingerprint density at radius 3 is 2.20 bits per heavy atom. The Kier molecular flexibility index (Phi) is 4.69. The summed E-state index contributed by atoms with van der Waals surface area (Å²) in [4.78, 5) is 26.0. The maximum Gasteiger partial charge on any atom is 0.254 e. The fourth-order valence-corrected chi connectivity index (χ4v) is 3.71. The summed E-state index contributed by atoms with van der Waals surface area (Å²) >= 11 is 0. The predicted octanol–water partition coefficient (Wildman–Crippen LogP) is 3.44. The van der Waals surface area contributed by atoms with E-state index in [1.165, 1.54) is 0 Å². The molecule has 0 bridgehead atoms. The highest BCUT2D eigenvalue weighted by molar-refractivity contribution is 5.94. The van der Waals surface area contributed by atoms with Gasteiger partial charge in [-0.25, -0.2) is 18.7 Å². The van der Waals surface area contributed by atoms with Crippen molar-refractivity contribution < 1.29 is 13.6 Å². The van der Waals surface area contributed by atoms with E-state index >= 15 is 0 Å². The summed E-state index contributed by atoms with van der Waals surface area (Å²) < 4.78 is 27.0. The number of amides is 1. The van der Waals surface area contributed by atoms with Gasteiger partial charge in [0, 0.05) is 43.9 Å². The van der Waals surface area contributed by atoms with Crippen LogP contribution in [0.4, 0.5) is 20.4 Å². The van der Waals surface area contributed by atoms with Crippen LogP contribution in [0, 0.1) is 11.6 Å². The third-order valence-corrected chi connectivity index (χ3v) is 5.45. The zero-order valence-electron chi connectivity index (χ0n) is 16.3. The summed E-state index contributed by atoms with van der Waals surface area (Å²) in [6, 6.07) is 11.1. The lowest BCUT2D eigenvalue weighted by atomic mass is 10.1. The zero-order chi connectivity index (χ0) is 20.7. The summed E-state index contributed by atoms with van der Waals surface area (Å²) in [5, 5.41) is 3.47. The van der Waals surface area contributed by atoms with Crippen LogP contribution in [0.3, 0.4) is 0 Å². The van der Waals surface area contributed by atoms with Crippen LogP contribution < -0.4 is 10.2 Å². The van der Waals surface area contributed by atoms with Gasteiger partial charge in [0.05, 0.1) is 11.0 Å². The van der Waals surface area contributed by atoms with Crippen molar-refractivity contribution in [2.24, 2.45) is 0 Å². The van der Waals surface area contributed by atoms with E-state index in [4.69, 9.17) is 9.97 Å². The number of para-hydroxylation sites is 2. The lowest BCUT2D eigenvalue weighted by Gasteiger charge is -2.36. The number of benzene rings is 2. The second-order valence-corrected chi connectivity index (χ2v) is 7.74. The first-order valence-electron chi connectivity index (χ1n) is 10.1. The number of hydrogen-bond donors (Lipinski definition) is 1. The number of aromatic nitrogens is 2. The number of carbonyl (C=O) groups excluding carboxylic acids is 1. The van der Waals surface area contributed by atoms with Gasteiger partial charge in [0.25, 0.3) is 5.91 Å². The molecule has 0 radical (unpaired) electrons. The van der Waals surface area contributed by atoms with Crippen molar-refractivity contribution in [1.29, 1.82) is 0 Å². The molecule has 2 fully saturated rings. The largest absolute Gasteiger partial charge is 0.364 e. The van der Waals surface area contributed by atoms with Crippen LogP contribution >= 0.6 is 0 Å². The number of rotatable bonds is 4. The van der Waals surface area contributed by atoms with Gasteiger partial charge in [-0.2, -0.15) is 0 Å². The Labute approximate surface area is 172 Å². The lowest BCUT2D eigenvalue weighted by Crippen LogP contribution is -2.49. The van der Waals surface area contributed by atoms with Crippen molar-refractivity contribution in [1.82, 2.24) is 14.9 Å². The molecule has 2 heterocycles. The average molecular weight is 409 g/mol. The van der Waals surface area contributed by atoms with Gasteiger partial charge in [0.1, 0.15) is 11.6 Å². The van der Waals surface area contributed by atoms with Gasteiger partial charge < -0.3 is 15.1 Å². The maximum absolute atomic E-state index is 13.5. The fraction of sp³-hybridized carbons (Fsp3) is 0.318. The lowest BCUT2D eigenvalue weighted by molar-refractivity contribution is 0.0745. The maximum atomic E-state index is 13.5. The summed E-state index contributed by atoms with van der Waals surface area (Å²) in [6.45, 7) is 2.01. The molecule has 6 nitrogen and oxygen atoms in total. The molecule has 8 heteroatoms. The van der Waals surface area contributed by atoms with Crippen molar-refractivity contribution >= 4 is 28.6 Å². The second kappa shape index (κ2) is 7.51. The quantitative estimate of drug-likeness (QED) is 0.715. The minimum Gasteiger partial charge on any atom is -0.364 e. The highest BCUT2D eigenvalue weighted by atomic mass is 19.1. The molecule has 0 spiro atoms. The van der Waals surface area contributed by atoms with Crippen molar-refractivity contribution in [2.75, 3.05) is 36.4 Å². The average Bonchev–Trinajstić information content (AvgIpc) is 3.56. The molecule has 1 saturated heterocycles. The molecule has 30 heavy (non-hydrogen) atoms. The highest BCUT2D eigenvalue weighted by Crippen LogP contribution is 2.31. The third kappa shape index (κ3) is 3.77. The van der Waals surface area contributed by atoms with Gasteiger partial charge in [-0.15, -0.1) is 0 Å². The van der Waals surface area contributed by atoms with Crippen molar-refractivity contribution in [3.05, 3.63) is 59.7 Å². The summed E-state index contributed by atoms with van der Waals surface area (Å²) in [5.41, 5.74) is 1.69. The molecule has 1 saturated carbocycles. The SMILES string of the molecule is O=C(c1cc(F)cc(F)c1)N1CCN(c2nc3ccccc3nc2NC2CC2)CC1. The summed E-state index contributed by atoms with van der Waals surface area (Å²) in [5.74, 6) is -0.319. The molecule has 2 aromatic carbocycles. The number of anilines is 2. The minimum atomic E-state index is -0.751. The van der Waals surface area contributed by atoms with Gasteiger partial charge in [-0.05, 0) is 37.1 Å². The first-order chi connectivity index (χ1) is 14.6. The van der Waals surface area contributed by atoms with Gasteiger partial charge in [0.2, 0.25) is 0 Å². The van der Waals surface area contributed by atoms with Crippen LogP contribution in [0.1, 0.15) is 23.2 Å². The number of nitrogens with zero attached hydrogens (tertiary/aromatic N) is 4. The molecule has 3 aromatic rings. The van der Waals surface area contributed by atoms with Crippen molar-refractivity contribution in [3.8, 4) is 0 Å². The smallest absolute Gasteiger partial charge is 0.254 e. The predicted molar refractivity (Wildman–Crippen MR) is 111 cm³/mol. The van der Waals surface area contributed by atoms with E-state index in [0.29, 0.717) is 32.2 Å². The molecule has 1 aliphatic heterocycles. The number of nitrogens with one attached hydrogen (secondary N) is 1. The molecule has 5 rings (SSSR count). The van der Waals surface area contributed by atoms with Gasteiger partial charge in [-0.3, -0.25) is 4.79 Å². The normalized spacial score (nSPS) is 16.7. The monoisotopic (exact) mass is 409 g/mol. The Balaban J connectivity index is 1.36. The van der Waals surface area contributed by atoms with E-state index in [1.807, 2.05) is 24.3 Å². The molecular formula is C22H21F2N5O. The number of fused-ring (bicyclic) bond motifs is 1. The van der Waals surface area contributed by atoms with Crippen LogP contribution in [-0.4, -0.2) is 53.0 Å². The van der Waals surface area contributed by atoms with Crippen molar-refractivity contribution in [2.45, 2.75) is 18.9 Å². The molecule has 1 aromatic heterocycles. The van der Waals surface area contributed by atoms with E-state index < -0.39 is 11.6 Å². The third-order valence-electron chi connectivity index (χ3n) is 5.45. The number of carbonyl (C=O) groups is 1. The first kappa shape index (κ1) is 18.7. The molecule has 154 valence electrons.